The molecule has 1 saturated carbocycles. The molecule has 9 heteroatoms. The molecule has 2 aliphatic heterocycles. The quantitative estimate of drug-likeness (QED) is 0.700. The van der Waals surface area contributed by atoms with E-state index in [1.54, 1.807) is 11.1 Å². The molecule has 182 valence electrons. The summed E-state index contributed by atoms with van der Waals surface area (Å²) < 4.78 is 12.6. The molecule has 1 aromatic heterocycles. The van der Waals surface area contributed by atoms with Crippen LogP contribution in [0.2, 0.25) is 0 Å². The smallest absolute Gasteiger partial charge is 0.414 e. The molecule has 5 rings (SSSR count). The normalized spacial score (nSPS) is 21.3. The van der Waals surface area contributed by atoms with Crippen LogP contribution in [0.3, 0.4) is 0 Å². The van der Waals surface area contributed by atoms with E-state index in [2.05, 4.69) is 5.10 Å². The highest BCUT2D eigenvalue weighted by Gasteiger charge is 2.42. The lowest BCUT2D eigenvalue weighted by Crippen LogP contribution is -2.52. The largest absolute Gasteiger partial charge is 0.446 e. The average molecular weight is 469 g/mol. The third-order valence-electron chi connectivity index (χ3n) is 6.75. The minimum atomic E-state index is -0.413. The van der Waals surface area contributed by atoms with Crippen molar-refractivity contribution in [3.63, 3.8) is 0 Å². The molecular formula is C25H32N4O5. The second kappa shape index (κ2) is 8.70. The van der Waals surface area contributed by atoms with Crippen LogP contribution in [0.5, 0.6) is 0 Å². The first kappa shape index (κ1) is 22.9. The molecule has 2 amide bonds. The van der Waals surface area contributed by atoms with Crippen LogP contribution in [-0.2, 0) is 20.8 Å². The monoisotopic (exact) mass is 468 g/mol. The summed E-state index contributed by atoms with van der Waals surface area (Å²) in [7, 11) is 0. The van der Waals surface area contributed by atoms with Gasteiger partial charge >= 0.3 is 6.09 Å². The van der Waals surface area contributed by atoms with Crippen LogP contribution in [0.4, 0.5) is 16.2 Å². The van der Waals surface area contributed by atoms with Crippen LogP contribution in [-0.4, -0.2) is 65.4 Å². The van der Waals surface area contributed by atoms with E-state index < -0.39 is 6.09 Å². The predicted molar refractivity (Wildman–Crippen MR) is 127 cm³/mol. The number of ether oxygens (including phenoxy) is 2. The van der Waals surface area contributed by atoms with Gasteiger partial charge in [-0.05, 0) is 51.3 Å². The van der Waals surface area contributed by atoms with E-state index >= 15 is 0 Å². The van der Waals surface area contributed by atoms with Gasteiger partial charge in [0.2, 0.25) is 5.91 Å². The van der Waals surface area contributed by atoms with Crippen molar-refractivity contribution in [3.8, 4) is 11.1 Å². The Balaban J connectivity index is 1.48. The Morgan fingerprint density at radius 1 is 1.24 bits per heavy atom. The lowest BCUT2D eigenvalue weighted by atomic mass is 9.87. The number of aromatic nitrogens is 2. The second-order valence-corrected chi connectivity index (χ2v) is 10.2. The maximum atomic E-state index is 13.1. The molecule has 0 spiro atoms. The summed E-state index contributed by atoms with van der Waals surface area (Å²) in [4.78, 5) is 29.5. The van der Waals surface area contributed by atoms with E-state index in [9.17, 15) is 14.7 Å². The molecular weight excluding hydrogens is 436 g/mol. The van der Waals surface area contributed by atoms with Crippen LogP contribution in [0, 0.1) is 11.3 Å². The minimum absolute atomic E-state index is 0.0526. The van der Waals surface area contributed by atoms with Gasteiger partial charge in [0.1, 0.15) is 0 Å². The molecule has 3 aliphatic rings. The maximum absolute atomic E-state index is 13.1. The highest BCUT2D eigenvalue weighted by atomic mass is 16.6. The predicted octanol–water partition coefficient (Wildman–Crippen LogP) is 3.06. The molecule has 0 bridgehead atoms. The lowest BCUT2D eigenvalue weighted by Gasteiger charge is -2.41. The Hall–Kier alpha value is -2.91. The highest BCUT2D eigenvalue weighted by Crippen LogP contribution is 2.42. The van der Waals surface area contributed by atoms with Crippen molar-refractivity contribution in [3.05, 3.63) is 30.6 Å². The number of benzene rings is 1. The maximum Gasteiger partial charge on any atom is 0.414 e. The summed E-state index contributed by atoms with van der Waals surface area (Å²) in [6, 6.07) is 5.67. The fraction of sp³-hybridized carbons (Fsp3) is 0.560. The lowest BCUT2D eigenvalue weighted by molar-refractivity contribution is -0.146. The zero-order valence-electron chi connectivity index (χ0n) is 19.9. The first-order valence-electron chi connectivity index (χ1n) is 12.0. The molecule has 34 heavy (non-hydrogen) atoms. The van der Waals surface area contributed by atoms with Crippen LogP contribution in [0.15, 0.2) is 30.6 Å². The van der Waals surface area contributed by atoms with Crippen LogP contribution >= 0.6 is 0 Å². The zero-order valence-corrected chi connectivity index (χ0v) is 19.9. The molecule has 3 heterocycles. The third kappa shape index (κ3) is 4.18. The third-order valence-corrected chi connectivity index (χ3v) is 6.75. The number of aliphatic hydroxyl groups excluding tert-OH is 1. The van der Waals surface area contributed by atoms with Crippen molar-refractivity contribution in [2.75, 3.05) is 36.2 Å². The van der Waals surface area contributed by atoms with E-state index in [1.807, 2.05) is 54.7 Å². The van der Waals surface area contributed by atoms with Gasteiger partial charge in [-0.3, -0.25) is 14.4 Å². The van der Waals surface area contributed by atoms with Crippen molar-refractivity contribution < 1.29 is 24.2 Å². The summed E-state index contributed by atoms with van der Waals surface area (Å²) >= 11 is 0. The summed E-state index contributed by atoms with van der Waals surface area (Å²) in [5.41, 5.74) is 2.91. The van der Waals surface area contributed by atoms with Gasteiger partial charge in [-0.2, -0.15) is 5.10 Å². The number of hydrogen-bond donors (Lipinski definition) is 1. The van der Waals surface area contributed by atoms with Crippen LogP contribution in [0.1, 0.15) is 33.6 Å². The minimum Gasteiger partial charge on any atom is -0.446 e. The Morgan fingerprint density at radius 2 is 2.00 bits per heavy atom. The van der Waals surface area contributed by atoms with E-state index in [0.717, 1.165) is 29.7 Å². The van der Waals surface area contributed by atoms with E-state index in [1.165, 1.54) is 0 Å². The second-order valence-electron chi connectivity index (χ2n) is 10.2. The first-order valence-corrected chi connectivity index (χ1v) is 12.0. The highest BCUT2D eigenvalue weighted by molar-refractivity contribution is 6.05. The van der Waals surface area contributed by atoms with Crippen molar-refractivity contribution >= 4 is 23.4 Å². The van der Waals surface area contributed by atoms with E-state index in [0.29, 0.717) is 32.0 Å². The average Bonchev–Trinajstić information content (AvgIpc) is 3.53. The number of hydrogen-bond acceptors (Lipinski definition) is 6. The van der Waals surface area contributed by atoms with Gasteiger partial charge in [0.25, 0.3) is 0 Å². The summed E-state index contributed by atoms with van der Waals surface area (Å²) in [6.07, 6.45) is 4.91. The van der Waals surface area contributed by atoms with Crippen molar-refractivity contribution in [1.82, 2.24) is 9.78 Å². The van der Waals surface area contributed by atoms with E-state index in [-0.39, 0.29) is 36.0 Å². The molecule has 9 nitrogen and oxygen atoms in total. The molecule has 1 saturated heterocycles. The Morgan fingerprint density at radius 3 is 2.62 bits per heavy atom. The van der Waals surface area contributed by atoms with Gasteiger partial charge in [0.15, 0.2) is 0 Å². The topological polar surface area (TPSA) is 97.1 Å². The number of fused-ring (bicyclic) bond motifs is 1. The number of rotatable bonds is 6. The molecule has 0 radical (unpaired) electrons. The van der Waals surface area contributed by atoms with Gasteiger partial charge in [-0.15, -0.1) is 0 Å². The SMILES string of the molecule is CC(C)OC(=O)N1C[C@H](C)N(C(=O)C2CC2)c2ccc(-c3cnn(CC4(CO)COC4)c3)cc21. The number of anilines is 2. The van der Waals surface area contributed by atoms with Gasteiger partial charge in [-0.25, -0.2) is 4.79 Å². The molecule has 0 unspecified atom stereocenters. The fourth-order valence-electron chi connectivity index (χ4n) is 4.67. The number of aliphatic hydroxyl groups is 1. The summed E-state index contributed by atoms with van der Waals surface area (Å²) in [5.74, 6) is 0.208. The first-order chi connectivity index (χ1) is 16.3. The molecule has 1 atom stereocenters. The molecule has 1 aliphatic carbocycles. The summed E-state index contributed by atoms with van der Waals surface area (Å²) in [6.45, 7) is 7.66. The zero-order chi connectivity index (χ0) is 24.0. The van der Waals surface area contributed by atoms with Gasteiger partial charge in [0, 0.05) is 24.2 Å². The number of carbonyl (C=O) groups excluding carboxylic acids is 2. The standard InChI is InChI=1S/C25H32N4O5/c1-16(2)34-24(32)28-10-17(3)29(23(31)18-4-5-18)21-7-6-19(8-22(21)28)20-9-26-27(11-20)12-25(13-30)14-33-15-25/h6-9,11,16-18,30H,4-5,10,12-15H2,1-3H3/t17-/m0/s1. The Bertz CT molecular complexity index is 1080. The van der Waals surface area contributed by atoms with Crippen LogP contribution in [0.25, 0.3) is 11.1 Å². The number of nitrogens with zero attached hydrogens (tertiary/aromatic N) is 4. The molecule has 1 N–H and O–H groups in total. The Kier molecular flexibility index (Phi) is 5.85. The Labute approximate surface area is 199 Å². The fourth-order valence-corrected chi connectivity index (χ4v) is 4.67. The van der Waals surface area contributed by atoms with Crippen LogP contribution < -0.4 is 9.80 Å². The van der Waals surface area contributed by atoms with Gasteiger partial charge in [-0.1, -0.05) is 6.07 Å². The van der Waals surface area contributed by atoms with Crippen molar-refractivity contribution in [2.24, 2.45) is 11.3 Å². The number of carbonyl (C=O) groups is 2. The number of amides is 2. The molecule has 2 aromatic rings. The summed E-state index contributed by atoms with van der Waals surface area (Å²) in [5, 5.41) is 14.2. The van der Waals surface area contributed by atoms with Crippen molar-refractivity contribution in [1.29, 1.82) is 0 Å². The van der Waals surface area contributed by atoms with Gasteiger partial charge in [0.05, 0.1) is 61.5 Å². The van der Waals surface area contributed by atoms with Gasteiger partial charge < -0.3 is 19.5 Å². The molecule has 1 aromatic carbocycles. The van der Waals surface area contributed by atoms with E-state index in [4.69, 9.17) is 9.47 Å². The molecule has 2 fully saturated rings. The van der Waals surface area contributed by atoms with Crippen molar-refractivity contribution in [2.45, 2.75) is 52.3 Å².